The minimum Gasteiger partial charge on any atom is -0.324 e. The molecule has 0 saturated carbocycles. The molecule has 0 aliphatic rings. The Balaban J connectivity index is 2.16. The summed E-state index contributed by atoms with van der Waals surface area (Å²) in [5.74, 6) is 6.09. The third-order valence-electron chi connectivity index (χ3n) is 2.76. The lowest BCUT2D eigenvalue weighted by atomic mass is 10.2. The highest BCUT2D eigenvalue weighted by atomic mass is 32.2. The molecule has 0 unspecified atom stereocenters. The second-order valence-electron chi connectivity index (χ2n) is 4.39. The van der Waals surface area contributed by atoms with Crippen LogP contribution < -0.4 is 11.3 Å². The van der Waals surface area contributed by atoms with Crippen LogP contribution in [-0.4, -0.2) is 4.92 Å². The van der Waals surface area contributed by atoms with E-state index in [0.717, 1.165) is 10.6 Å². The van der Waals surface area contributed by atoms with Crippen molar-refractivity contribution in [1.82, 2.24) is 0 Å². The number of benzene rings is 2. The van der Waals surface area contributed by atoms with Crippen molar-refractivity contribution in [1.29, 1.82) is 0 Å². The van der Waals surface area contributed by atoms with E-state index in [2.05, 4.69) is 11.5 Å². The highest BCUT2D eigenvalue weighted by Gasteiger charge is 2.10. The predicted molar refractivity (Wildman–Crippen MR) is 81.6 cm³/mol. The molecule has 2 aromatic rings. The first-order valence-electron chi connectivity index (χ1n) is 6.03. The van der Waals surface area contributed by atoms with E-state index in [1.54, 1.807) is 23.9 Å². The first kappa shape index (κ1) is 14.4. The highest BCUT2D eigenvalue weighted by molar-refractivity contribution is 7.98. The first-order chi connectivity index (χ1) is 9.58. The van der Waals surface area contributed by atoms with Crippen LogP contribution in [-0.2, 0) is 5.75 Å². The molecule has 104 valence electrons. The number of nitrogens with two attached hydrogens (primary N) is 1. The smallest absolute Gasteiger partial charge is 0.272 e. The van der Waals surface area contributed by atoms with E-state index in [9.17, 15) is 10.1 Å². The van der Waals surface area contributed by atoms with E-state index in [1.807, 2.05) is 25.1 Å². The summed E-state index contributed by atoms with van der Waals surface area (Å²) in [5, 5.41) is 10.9. The normalized spacial score (nSPS) is 10.3. The molecule has 0 aromatic heterocycles. The molecular weight excluding hydrogens is 274 g/mol. The van der Waals surface area contributed by atoms with Crippen molar-refractivity contribution < 1.29 is 4.92 Å². The zero-order valence-corrected chi connectivity index (χ0v) is 11.8. The predicted octanol–water partition coefficient (Wildman–Crippen LogP) is 3.48. The lowest BCUT2D eigenvalue weighted by Gasteiger charge is -2.06. The summed E-state index contributed by atoms with van der Waals surface area (Å²) in [6.45, 7) is 2.04. The minimum absolute atomic E-state index is 0.0344. The van der Waals surface area contributed by atoms with E-state index in [4.69, 9.17) is 5.84 Å². The van der Waals surface area contributed by atoms with Crippen LogP contribution in [0.5, 0.6) is 0 Å². The summed E-state index contributed by atoms with van der Waals surface area (Å²) in [5.41, 5.74) is 5.40. The standard InChI is InChI=1S/C14H15N3O2S/c1-10-3-2-4-11(5-10)9-20-14-7-12(16-15)6-13(8-14)17(18)19/h2-8,16H,9,15H2,1H3. The Morgan fingerprint density at radius 1 is 1.30 bits per heavy atom. The van der Waals surface area contributed by atoms with Crippen molar-refractivity contribution in [3.05, 3.63) is 63.7 Å². The number of aryl methyl sites for hydroxylation is 1. The van der Waals surface area contributed by atoms with Gasteiger partial charge in [0.05, 0.1) is 10.6 Å². The van der Waals surface area contributed by atoms with Crippen LogP contribution in [0.15, 0.2) is 47.4 Å². The van der Waals surface area contributed by atoms with Crippen LogP contribution in [0, 0.1) is 17.0 Å². The van der Waals surface area contributed by atoms with Gasteiger partial charge in [0.1, 0.15) is 0 Å². The molecule has 2 rings (SSSR count). The zero-order valence-electron chi connectivity index (χ0n) is 11.0. The SMILES string of the molecule is Cc1cccc(CSc2cc(NN)cc([N+](=O)[O-])c2)c1. The molecule has 0 atom stereocenters. The van der Waals surface area contributed by atoms with E-state index >= 15 is 0 Å². The van der Waals surface area contributed by atoms with Crippen molar-refractivity contribution >= 4 is 23.1 Å². The van der Waals surface area contributed by atoms with Gasteiger partial charge in [-0.15, -0.1) is 11.8 Å². The average molecular weight is 289 g/mol. The Morgan fingerprint density at radius 2 is 2.10 bits per heavy atom. The molecule has 0 aliphatic carbocycles. The topological polar surface area (TPSA) is 81.2 Å². The summed E-state index contributed by atoms with van der Waals surface area (Å²) in [6.07, 6.45) is 0. The summed E-state index contributed by atoms with van der Waals surface area (Å²) < 4.78 is 0. The maximum absolute atomic E-state index is 10.9. The number of nitrogens with one attached hydrogen (secondary N) is 1. The van der Waals surface area contributed by atoms with E-state index in [-0.39, 0.29) is 5.69 Å². The first-order valence-corrected chi connectivity index (χ1v) is 7.01. The molecule has 5 nitrogen and oxygen atoms in total. The number of non-ortho nitro benzene ring substituents is 1. The summed E-state index contributed by atoms with van der Waals surface area (Å²) in [7, 11) is 0. The minimum atomic E-state index is -0.419. The maximum atomic E-state index is 10.9. The number of hydrazine groups is 1. The van der Waals surface area contributed by atoms with Gasteiger partial charge in [0.15, 0.2) is 0 Å². The van der Waals surface area contributed by atoms with Gasteiger partial charge in [0.2, 0.25) is 0 Å². The van der Waals surface area contributed by atoms with Crippen molar-refractivity contribution in [2.45, 2.75) is 17.6 Å². The number of nitrogen functional groups attached to an aromatic ring is 1. The third-order valence-corrected chi connectivity index (χ3v) is 3.80. The molecule has 0 amide bonds. The molecule has 0 aliphatic heterocycles. The number of nitrogens with zero attached hydrogens (tertiary/aromatic N) is 1. The van der Waals surface area contributed by atoms with Crippen LogP contribution in [0.3, 0.4) is 0 Å². The Morgan fingerprint density at radius 3 is 2.75 bits per heavy atom. The van der Waals surface area contributed by atoms with E-state index < -0.39 is 4.92 Å². The van der Waals surface area contributed by atoms with E-state index in [0.29, 0.717) is 5.69 Å². The van der Waals surface area contributed by atoms with Crippen molar-refractivity contribution in [2.24, 2.45) is 5.84 Å². The number of thioether (sulfide) groups is 1. The third kappa shape index (κ3) is 3.72. The van der Waals surface area contributed by atoms with Crippen molar-refractivity contribution in [3.8, 4) is 0 Å². The summed E-state index contributed by atoms with van der Waals surface area (Å²) in [4.78, 5) is 11.3. The van der Waals surface area contributed by atoms with Gasteiger partial charge in [0.25, 0.3) is 5.69 Å². The fourth-order valence-corrected chi connectivity index (χ4v) is 2.75. The Bertz CT molecular complexity index is 632. The summed E-state index contributed by atoms with van der Waals surface area (Å²) in [6, 6.07) is 13.0. The van der Waals surface area contributed by atoms with Gasteiger partial charge in [-0.3, -0.25) is 16.0 Å². The van der Waals surface area contributed by atoms with Crippen LogP contribution >= 0.6 is 11.8 Å². The zero-order chi connectivity index (χ0) is 14.5. The molecule has 0 heterocycles. The van der Waals surface area contributed by atoms with Gasteiger partial charge >= 0.3 is 0 Å². The molecule has 0 radical (unpaired) electrons. The average Bonchev–Trinajstić information content (AvgIpc) is 2.45. The van der Waals surface area contributed by atoms with Gasteiger partial charge in [-0.1, -0.05) is 29.8 Å². The number of nitro groups is 1. The molecule has 6 heteroatoms. The molecule has 3 N–H and O–H groups in total. The Hall–Kier alpha value is -2.05. The van der Waals surface area contributed by atoms with E-state index in [1.165, 1.54) is 17.2 Å². The molecular formula is C14H15N3O2S. The van der Waals surface area contributed by atoms with Gasteiger partial charge in [-0.05, 0) is 18.6 Å². The second kappa shape index (κ2) is 6.40. The number of nitro benzene ring substituents is 1. The number of anilines is 1. The van der Waals surface area contributed by atoms with Gasteiger partial charge in [-0.2, -0.15) is 0 Å². The number of hydrogen-bond acceptors (Lipinski definition) is 5. The lowest BCUT2D eigenvalue weighted by Crippen LogP contribution is -2.07. The molecule has 0 fully saturated rings. The van der Waals surface area contributed by atoms with Crippen LogP contribution in [0.4, 0.5) is 11.4 Å². The number of hydrogen-bond donors (Lipinski definition) is 2. The van der Waals surface area contributed by atoms with Gasteiger partial charge in [-0.25, -0.2) is 0 Å². The van der Waals surface area contributed by atoms with Crippen LogP contribution in [0.1, 0.15) is 11.1 Å². The lowest BCUT2D eigenvalue weighted by molar-refractivity contribution is -0.385. The van der Waals surface area contributed by atoms with Crippen molar-refractivity contribution in [3.63, 3.8) is 0 Å². The van der Waals surface area contributed by atoms with Crippen LogP contribution in [0.2, 0.25) is 0 Å². The molecule has 20 heavy (non-hydrogen) atoms. The summed E-state index contributed by atoms with van der Waals surface area (Å²) >= 11 is 1.54. The molecule has 0 bridgehead atoms. The molecule has 2 aromatic carbocycles. The largest absolute Gasteiger partial charge is 0.324 e. The number of rotatable bonds is 5. The molecule has 0 saturated heterocycles. The second-order valence-corrected chi connectivity index (χ2v) is 5.44. The Kier molecular flexibility index (Phi) is 4.60. The van der Waals surface area contributed by atoms with Gasteiger partial charge in [0, 0.05) is 22.8 Å². The Labute approximate surface area is 121 Å². The van der Waals surface area contributed by atoms with Gasteiger partial charge < -0.3 is 5.43 Å². The monoisotopic (exact) mass is 289 g/mol. The fourth-order valence-electron chi connectivity index (χ4n) is 1.82. The van der Waals surface area contributed by atoms with Crippen molar-refractivity contribution in [2.75, 3.05) is 5.43 Å². The van der Waals surface area contributed by atoms with Crippen LogP contribution in [0.25, 0.3) is 0 Å². The quantitative estimate of drug-likeness (QED) is 0.381. The maximum Gasteiger partial charge on any atom is 0.272 e. The molecule has 0 spiro atoms. The highest BCUT2D eigenvalue weighted by Crippen LogP contribution is 2.29. The fraction of sp³-hybridized carbons (Fsp3) is 0.143.